The van der Waals surface area contributed by atoms with Gasteiger partial charge in [0.25, 0.3) is 0 Å². The highest BCUT2D eigenvalue weighted by molar-refractivity contribution is 7.47. The SMILES string of the molecule is CC/C=C/C/C=C/CCCCCCCCCC(=O)NC(COP(=O)(O)OCC[N+](C)(C)C)C(/C=C\CCCCCCCCCCCCC)OC(=O)CCCCCCCCCCCCCCC/C=C\C/C=C\CCCCC. The molecule has 0 bridgehead atoms. The fraction of sp³-hybridized carbons (Fsp3) is 0.818. The lowest BCUT2D eigenvalue weighted by Gasteiger charge is -2.27. The van der Waals surface area contributed by atoms with Crippen LogP contribution in [-0.4, -0.2) is 74.3 Å². The predicted molar refractivity (Wildman–Crippen MR) is 328 cm³/mol. The molecular weight excluding hydrogens is 964 g/mol. The number of hydrogen-bond donors (Lipinski definition) is 2. The van der Waals surface area contributed by atoms with Crippen molar-refractivity contribution < 1.29 is 37.3 Å². The average molecular weight is 1090 g/mol. The second kappa shape index (κ2) is 56.0. The Bertz CT molecular complexity index is 1490. The Labute approximate surface area is 471 Å². The molecule has 10 heteroatoms. The fourth-order valence-electron chi connectivity index (χ4n) is 9.24. The first-order chi connectivity index (χ1) is 36.9. The summed E-state index contributed by atoms with van der Waals surface area (Å²) in [5.74, 6) is -0.508. The number of phosphoric ester groups is 1. The second-order valence-electron chi connectivity index (χ2n) is 22.9. The number of carbonyl (C=O) groups is 2. The number of unbranched alkanes of at least 4 members (excludes halogenated alkanes) is 34. The normalized spacial score (nSPS) is 14.0. The standard InChI is InChI=1S/C66H123N2O7P/c1-7-10-13-16-19-22-25-28-30-31-32-33-34-35-36-37-38-41-44-47-50-53-56-59-66(70)75-64(57-54-51-48-45-42-39-27-24-21-18-15-12-9-3)63(62-74-76(71,72)73-61-60-68(4,5)6)67-65(69)58-55-52-49-46-43-40-29-26-23-20-17-14-11-8-2/h11,14,19-20,22-23,28,30,54,57,63-64H,7-10,12-13,15-18,21,24-27,29,31-53,55-56,58-62H2,1-6H3,(H-,67,69,71,72)/p+1/b14-11+,22-19-,23-20+,30-28-,57-54-. The summed E-state index contributed by atoms with van der Waals surface area (Å²) in [6.45, 7) is 6.90. The molecule has 0 aliphatic carbocycles. The molecule has 0 aromatic rings. The van der Waals surface area contributed by atoms with Crippen molar-refractivity contribution in [3.05, 3.63) is 60.8 Å². The summed E-state index contributed by atoms with van der Waals surface area (Å²) in [7, 11) is 1.49. The van der Waals surface area contributed by atoms with E-state index in [1.165, 1.54) is 173 Å². The Hall–Kier alpha value is -2.29. The number of likely N-dealkylation sites (N-methyl/N-ethyl adjacent to an activating group) is 1. The molecule has 0 aliphatic heterocycles. The number of allylic oxidation sites excluding steroid dienone is 9. The fourth-order valence-corrected chi connectivity index (χ4v) is 9.98. The second-order valence-corrected chi connectivity index (χ2v) is 24.4. The molecule has 444 valence electrons. The van der Waals surface area contributed by atoms with Crippen LogP contribution in [0.4, 0.5) is 0 Å². The first kappa shape index (κ1) is 73.7. The van der Waals surface area contributed by atoms with Crippen LogP contribution >= 0.6 is 7.82 Å². The number of nitrogens with one attached hydrogen (secondary N) is 1. The van der Waals surface area contributed by atoms with Crippen LogP contribution < -0.4 is 5.32 Å². The molecule has 9 nitrogen and oxygen atoms in total. The first-order valence-corrected chi connectivity index (χ1v) is 33.6. The van der Waals surface area contributed by atoms with Gasteiger partial charge in [-0.25, -0.2) is 4.57 Å². The molecule has 0 aliphatic rings. The molecule has 2 N–H and O–H groups in total. The van der Waals surface area contributed by atoms with Crippen molar-refractivity contribution in [3.63, 3.8) is 0 Å². The highest BCUT2D eigenvalue weighted by atomic mass is 31.2. The third-order valence-corrected chi connectivity index (χ3v) is 15.2. The third-order valence-electron chi connectivity index (χ3n) is 14.2. The van der Waals surface area contributed by atoms with Crippen LogP contribution in [0.15, 0.2) is 60.8 Å². The van der Waals surface area contributed by atoms with Crippen molar-refractivity contribution >= 4 is 19.7 Å². The molecule has 0 rings (SSSR count). The summed E-state index contributed by atoms with van der Waals surface area (Å²) in [4.78, 5) is 37.7. The van der Waals surface area contributed by atoms with Crippen molar-refractivity contribution in [1.82, 2.24) is 5.32 Å². The van der Waals surface area contributed by atoms with Crippen molar-refractivity contribution in [2.45, 2.75) is 309 Å². The van der Waals surface area contributed by atoms with Gasteiger partial charge in [0.1, 0.15) is 19.3 Å². The maximum atomic E-state index is 13.5. The number of quaternary nitrogens is 1. The lowest BCUT2D eigenvalue weighted by Crippen LogP contribution is -2.47. The van der Waals surface area contributed by atoms with Gasteiger partial charge in [-0.15, -0.1) is 0 Å². The number of amides is 1. The Morgan fingerprint density at radius 3 is 1.28 bits per heavy atom. The number of rotatable bonds is 58. The summed E-state index contributed by atoms with van der Waals surface area (Å²) in [5, 5.41) is 3.06. The van der Waals surface area contributed by atoms with Crippen LogP contribution in [0.3, 0.4) is 0 Å². The number of ether oxygens (including phenoxy) is 1. The lowest BCUT2D eigenvalue weighted by atomic mass is 10.0. The zero-order valence-corrected chi connectivity index (χ0v) is 51.6. The van der Waals surface area contributed by atoms with Crippen LogP contribution in [0.25, 0.3) is 0 Å². The molecule has 0 heterocycles. The largest absolute Gasteiger partial charge is 0.472 e. The van der Waals surface area contributed by atoms with E-state index in [4.69, 9.17) is 13.8 Å². The molecule has 0 aromatic heterocycles. The van der Waals surface area contributed by atoms with Crippen LogP contribution in [0.1, 0.15) is 297 Å². The average Bonchev–Trinajstić information content (AvgIpc) is 3.38. The molecule has 0 radical (unpaired) electrons. The van der Waals surface area contributed by atoms with E-state index < -0.39 is 20.0 Å². The van der Waals surface area contributed by atoms with Crippen molar-refractivity contribution in [2.75, 3.05) is 40.9 Å². The Morgan fingerprint density at radius 1 is 0.474 bits per heavy atom. The van der Waals surface area contributed by atoms with Gasteiger partial charge in [-0.2, -0.15) is 0 Å². The third kappa shape index (κ3) is 56.4. The van der Waals surface area contributed by atoms with E-state index in [0.717, 1.165) is 89.9 Å². The zero-order valence-electron chi connectivity index (χ0n) is 50.7. The molecule has 0 saturated heterocycles. The molecule has 76 heavy (non-hydrogen) atoms. The highest BCUT2D eigenvalue weighted by Crippen LogP contribution is 2.43. The number of hydrogen-bond acceptors (Lipinski definition) is 6. The minimum absolute atomic E-state index is 0.0380. The molecule has 3 unspecified atom stereocenters. The Morgan fingerprint density at radius 2 is 0.842 bits per heavy atom. The monoisotopic (exact) mass is 1090 g/mol. The van der Waals surface area contributed by atoms with E-state index in [1.54, 1.807) is 0 Å². The van der Waals surface area contributed by atoms with Crippen molar-refractivity contribution in [1.29, 1.82) is 0 Å². The topological polar surface area (TPSA) is 111 Å². The van der Waals surface area contributed by atoms with Crippen molar-refractivity contribution in [2.24, 2.45) is 0 Å². The van der Waals surface area contributed by atoms with E-state index in [2.05, 4.69) is 74.7 Å². The van der Waals surface area contributed by atoms with Crippen LogP contribution in [0.2, 0.25) is 0 Å². The van der Waals surface area contributed by atoms with Crippen LogP contribution in [0.5, 0.6) is 0 Å². The molecule has 0 saturated carbocycles. The molecule has 0 fully saturated rings. The van der Waals surface area contributed by atoms with Gasteiger partial charge in [0.15, 0.2) is 0 Å². The Balaban J connectivity index is 5.17. The van der Waals surface area contributed by atoms with E-state index >= 15 is 0 Å². The van der Waals surface area contributed by atoms with Gasteiger partial charge in [0.05, 0.1) is 33.8 Å². The van der Waals surface area contributed by atoms with Gasteiger partial charge in [-0.1, -0.05) is 255 Å². The minimum Gasteiger partial charge on any atom is -0.456 e. The van der Waals surface area contributed by atoms with E-state index in [9.17, 15) is 19.0 Å². The summed E-state index contributed by atoms with van der Waals surface area (Å²) < 4.78 is 30.7. The lowest BCUT2D eigenvalue weighted by molar-refractivity contribution is -0.870. The van der Waals surface area contributed by atoms with Crippen LogP contribution in [-0.2, 0) is 27.9 Å². The van der Waals surface area contributed by atoms with E-state index in [1.807, 2.05) is 33.3 Å². The minimum atomic E-state index is -4.45. The van der Waals surface area contributed by atoms with E-state index in [-0.39, 0.29) is 31.5 Å². The predicted octanol–water partition coefficient (Wildman–Crippen LogP) is 19.8. The van der Waals surface area contributed by atoms with Gasteiger partial charge in [0, 0.05) is 12.8 Å². The zero-order chi connectivity index (χ0) is 55.7. The maximum absolute atomic E-state index is 13.5. The van der Waals surface area contributed by atoms with Crippen LogP contribution in [0, 0.1) is 0 Å². The molecule has 0 aromatic carbocycles. The molecule has 3 atom stereocenters. The smallest absolute Gasteiger partial charge is 0.456 e. The maximum Gasteiger partial charge on any atom is 0.472 e. The quantitative estimate of drug-likeness (QED) is 0.0205. The molecule has 1 amide bonds. The number of esters is 1. The van der Waals surface area contributed by atoms with Gasteiger partial charge < -0.3 is 19.4 Å². The summed E-state index contributed by atoms with van der Waals surface area (Å²) in [5.41, 5.74) is 0. The number of phosphoric acid groups is 1. The van der Waals surface area contributed by atoms with Gasteiger partial charge in [-0.05, 0) is 89.5 Å². The van der Waals surface area contributed by atoms with Gasteiger partial charge in [0.2, 0.25) is 5.91 Å². The van der Waals surface area contributed by atoms with Gasteiger partial charge in [-0.3, -0.25) is 18.6 Å². The summed E-state index contributed by atoms with van der Waals surface area (Å²) in [6.07, 6.45) is 70.8. The highest BCUT2D eigenvalue weighted by Gasteiger charge is 2.30. The number of carbonyl (C=O) groups excluding carboxylic acids is 2. The summed E-state index contributed by atoms with van der Waals surface area (Å²) in [6, 6.07) is -0.853. The first-order valence-electron chi connectivity index (χ1n) is 32.1. The van der Waals surface area contributed by atoms with Crippen molar-refractivity contribution in [3.8, 4) is 0 Å². The number of nitrogens with zero attached hydrogens (tertiary/aromatic N) is 1. The van der Waals surface area contributed by atoms with Gasteiger partial charge >= 0.3 is 13.8 Å². The summed E-state index contributed by atoms with van der Waals surface area (Å²) >= 11 is 0. The molecular formula is C66H124N2O7P+. The Kier molecular flexibility index (Phi) is 54.3. The molecule has 0 spiro atoms. The van der Waals surface area contributed by atoms with E-state index in [0.29, 0.717) is 17.4 Å².